The standard InChI is InChI=1S/C14H22FN/c1-3-6-14(16-9-4-2)11-12-7-5-8-13(15)10-12/h5,7-8,10,14,16H,3-4,6,9,11H2,1-2H3. The third-order valence-corrected chi connectivity index (χ3v) is 2.69. The molecule has 90 valence electrons. The fourth-order valence-electron chi connectivity index (χ4n) is 1.92. The first-order valence-electron chi connectivity index (χ1n) is 6.24. The van der Waals surface area contributed by atoms with Gasteiger partial charge in [0.2, 0.25) is 0 Å². The minimum absolute atomic E-state index is 0.136. The summed E-state index contributed by atoms with van der Waals surface area (Å²) in [4.78, 5) is 0. The Hall–Kier alpha value is -0.890. The van der Waals surface area contributed by atoms with Crippen LogP contribution in [0.15, 0.2) is 24.3 Å². The summed E-state index contributed by atoms with van der Waals surface area (Å²) in [6.45, 7) is 5.39. The maximum absolute atomic E-state index is 13.0. The molecule has 0 aliphatic carbocycles. The van der Waals surface area contributed by atoms with Gasteiger partial charge in [-0.25, -0.2) is 4.39 Å². The van der Waals surface area contributed by atoms with Gasteiger partial charge in [0.15, 0.2) is 0 Å². The second kappa shape index (κ2) is 7.39. The van der Waals surface area contributed by atoms with Gasteiger partial charge in [-0.05, 0) is 43.5 Å². The van der Waals surface area contributed by atoms with E-state index < -0.39 is 0 Å². The summed E-state index contributed by atoms with van der Waals surface area (Å²) in [6, 6.07) is 7.40. The van der Waals surface area contributed by atoms with Crippen molar-refractivity contribution in [1.82, 2.24) is 5.32 Å². The summed E-state index contributed by atoms with van der Waals surface area (Å²) < 4.78 is 13.0. The molecule has 2 heteroatoms. The average Bonchev–Trinajstić information content (AvgIpc) is 2.26. The number of hydrogen-bond acceptors (Lipinski definition) is 1. The third kappa shape index (κ3) is 4.75. The third-order valence-electron chi connectivity index (χ3n) is 2.69. The zero-order chi connectivity index (χ0) is 11.8. The van der Waals surface area contributed by atoms with Gasteiger partial charge >= 0.3 is 0 Å². The lowest BCUT2D eigenvalue weighted by Gasteiger charge is -2.17. The van der Waals surface area contributed by atoms with E-state index in [1.54, 1.807) is 12.1 Å². The van der Waals surface area contributed by atoms with Crippen LogP contribution in [0, 0.1) is 5.82 Å². The lowest BCUT2D eigenvalue weighted by Crippen LogP contribution is -2.31. The molecule has 0 aromatic heterocycles. The van der Waals surface area contributed by atoms with E-state index >= 15 is 0 Å². The molecule has 0 radical (unpaired) electrons. The van der Waals surface area contributed by atoms with E-state index in [4.69, 9.17) is 0 Å². The van der Waals surface area contributed by atoms with Crippen LogP contribution in [-0.2, 0) is 6.42 Å². The van der Waals surface area contributed by atoms with Gasteiger partial charge in [-0.3, -0.25) is 0 Å². The molecule has 0 aliphatic heterocycles. The number of rotatable bonds is 7. The minimum Gasteiger partial charge on any atom is -0.314 e. The predicted octanol–water partition coefficient (Wildman–Crippen LogP) is 3.54. The predicted molar refractivity (Wildman–Crippen MR) is 67.1 cm³/mol. The van der Waals surface area contributed by atoms with E-state index in [1.165, 1.54) is 6.07 Å². The molecule has 0 fully saturated rings. The molecule has 0 saturated carbocycles. The molecule has 16 heavy (non-hydrogen) atoms. The van der Waals surface area contributed by atoms with Crippen LogP contribution in [-0.4, -0.2) is 12.6 Å². The lowest BCUT2D eigenvalue weighted by molar-refractivity contribution is 0.472. The highest BCUT2D eigenvalue weighted by Crippen LogP contribution is 2.09. The van der Waals surface area contributed by atoms with Crippen molar-refractivity contribution in [3.63, 3.8) is 0 Å². The molecule has 0 aliphatic rings. The first-order valence-corrected chi connectivity index (χ1v) is 6.24. The number of nitrogens with one attached hydrogen (secondary N) is 1. The number of benzene rings is 1. The summed E-state index contributed by atoms with van der Waals surface area (Å²) in [5.41, 5.74) is 1.09. The normalized spacial score (nSPS) is 12.7. The van der Waals surface area contributed by atoms with Crippen molar-refractivity contribution in [2.24, 2.45) is 0 Å². The molecule has 0 heterocycles. The average molecular weight is 223 g/mol. The second-order valence-corrected chi connectivity index (χ2v) is 4.27. The summed E-state index contributed by atoms with van der Waals surface area (Å²) in [7, 11) is 0. The van der Waals surface area contributed by atoms with E-state index in [0.29, 0.717) is 6.04 Å². The molecule has 1 atom stereocenters. The molecule has 0 bridgehead atoms. The van der Waals surface area contributed by atoms with Crippen molar-refractivity contribution in [3.05, 3.63) is 35.6 Å². The molecular weight excluding hydrogens is 201 g/mol. The number of hydrogen-bond donors (Lipinski definition) is 1. The summed E-state index contributed by atoms with van der Waals surface area (Å²) >= 11 is 0. The summed E-state index contributed by atoms with van der Waals surface area (Å²) in [5.74, 6) is -0.136. The van der Waals surface area contributed by atoms with Gasteiger partial charge in [-0.2, -0.15) is 0 Å². The van der Waals surface area contributed by atoms with Crippen LogP contribution >= 0.6 is 0 Å². The molecule has 0 amide bonds. The van der Waals surface area contributed by atoms with Gasteiger partial charge in [0.1, 0.15) is 5.82 Å². The van der Waals surface area contributed by atoms with Crippen LogP contribution in [0.2, 0.25) is 0 Å². The Balaban J connectivity index is 2.52. The quantitative estimate of drug-likeness (QED) is 0.745. The van der Waals surface area contributed by atoms with Gasteiger partial charge in [-0.1, -0.05) is 32.4 Å². The summed E-state index contributed by atoms with van der Waals surface area (Å²) in [5, 5.41) is 3.52. The maximum atomic E-state index is 13.0. The molecule has 1 aromatic rings. The van der Waals surface area contributed by atoms with E-state index in [2.05, 4.69) is 19.2 Å². The molecule has 1 nitrogen and oxygen atoms in total. The Labute approximate surface area is 98.1 Å². The van der Waals surface area contributed by atoms with E-state index in [9.17, 15) is 4.39 Å². The minimum atomic E-state index is -0.136. The fraction of sp³-hybridized carbons (Fsp3) is 0.571. The van der Waals surface area contributed by atoms with E-state index in [1.807, 2.05) is 6.07 Å². The van der Waals surface area contributed by atoms with Crippen molar-refractivity contribution in [1.29, 1.82) is 0 Å². The Bertz CT molecular complexity index is 299. The SMILES string of the molecule is CCCNC(CCC)Cc1cccc(F)c1. The van der Waals surface area contributed by atoms with Crippen molar-refractivity contribution in [2.45, 2.75) is 45.6 Å². The van der Waals surface area contributed by atoms with Gasteiger partial charge in [0.25, 0.3) is 0 Å². The molecule has 1 N–H and O–H groups in total. The Morgan fingerprint density at radius 1 is 1.25 bits per heavy atom. The maximum Gasteiger partial charge on any atom is 0.123 e. The fourth-order valence-corrected chi connectivity index (χ4v) is 1.92. The topological polar surface area (TPSA) is 12.0 Å². The lowest BCUT2D eigenvalue weighted by atomic mass is 10.0. The van der Waals surface area contributed by atoms with Gasteiger partial charge in [0, 0.05) is 6.04 Å². The van der Waals surface area contributed by atoms with Crippen molar-refractivity contribution in [2.75, 3.05) is 6.54 Å². The number of halogens is 1. The first kappa shape index (κ1) is 13.2. The van der Waals surface area contributed by atoms with Gasteiger partial charge in [-0.15, -0.1) is 0 Å². The second-order valence-electron chi connectivity index (χ2n) is 4.27. The van der Waals surface area contributed by atoms with Crippen LogP contribution in [0.1, 0.15) is 38.7 Å². The smallest absolute Gasteiger partial charge is 0.123 e. The molecule has 1 unspecified atom stereocenters. The molecular formula is C14H22FN. The van der Waals surface area contributed by atoms with Crippen LogP contribution < -0.4 is 5.32 Å². The van der Waals surface area contributed by atoms with Gasteiger partial charge < -0.3 is 5.32 Å². The van der Waals surface area contributed by atoms with Crippen LogP contribution in [0.3, 0.4) is 0 Å². The Morgan fingerprint density at radius 2 is 2.06 bits per heavy atom. The van der Waals surface area contributed by atoms with Crippen LogP contribution in [0.4, 0.5) is 4.39 Å². The highest BCUT2D eigenvalue weighted by molar-refractivity contribution is 5.17. The molecule has 0 saturated heterocycles. The molecule has 1 rings (SSSR count). The van der Waals surface area contributed by atoms with Crippen molar-refractivity contribution < 1.29 is 4.39 Å². The largest absolute Gasteiger partial charge is 0.314 e. The highest BCUT2D eigenvalue weighted by atomic mass is 19.1. The van der Waals surface area contributed by atoms with E-state index in [0.717, 1.165) is 37.8 Å². The van der Waals surface area contributed by atoms with Crippen LogP contribution in [0.5, 0.6) is 0 Å². The Kier molecular flexibility index (Phi) is 6.09. The Morgan fingerprint density at radius 3 is 2.69 bits per heavy atom. The van der Waals surface area contributed by atoms with E-state index in [-0.39, 0.29) is 5.82 Å². The summed E-state index contributed by atoms with van der Waals surface area (Å²) in [6.07, 6.45) is 4.38. The monoisotopic (exact) mass is 223 g/mol. The van der Waals surface area contributed by atoms with Gasteiger partial charge in [0.05, 0.1) is 0 Å². The molecule has 1 aromatic carbocycles. The highest BCUT2D eigenvalue weighted by Gasteiger charge is 2.07. The zero-order valence-corrected chi connectivity index (χ0v) is 10.3. The zero-order valence-electron chi connectivity index (χ0n) is 10.3. The van der Waals surface area contributed by atoms with Crippen molar-refractivity contribution >= 4 is 0 Å². The van der Waals surface area contributed by atoms with Crippen LogP contribution in [0.25, 0.3) is 0 Å². The van der Waals surface area contributed by atoms with Crippen molar-refractivity contribution in [3.8, 4) is 0 Å². The first-order chi connectivity index (χ1) is 7.76. The molecule has 0 spiro atoms.